The highest BCUT2D eigenvalue weighted by Gasteiger charge is 2.39. The monoisotopic (exact) mass is 284 g/mol. The fourth-order valence-electron chi connectivity index (χ4n) is 2.70. The van der Waals surface area contributed by atoms with Crippen LogP contribution in [0.3, 0.4) is 0 Å². The van der Waals surface area contributed by atoms with Crippen molar-refractivity contribution in [1.82, 2.24) is 15.0 Å². The minimum absolute atomic E-state index is 0.0988. The minimum atomic E-state index is -1.03. The summed E-state index contributed by atoms with van der Waals surface area (Å²) in [5, 5.41) is 9.33. The molecule has 2 aromatic heterocycles. The van der Waals surface area contributed by atoms with Gasteiger partial charge in [0, 0.05) is 23.9 Å². The third-order valence-corrected chi connectivity index (χ3v) is 3.68. The molecule has 0 saturated carbocycles. The molecule has 0 spiro atoms. The van der Waals surface area contributed by atoms with Crippen molar-refractivity contribution in [2.45, 2.75) is 26.2 Å². The number of hydrogen-bond donors (Lipinski definition) is 1. The van der Waals surface area contributed by atoms with Gasteiger partial charge in [-0.1, -0.05) is 13.8 Å². The van der Waals surface area contributed by atoms with E-state index in [-0.39, 0.29) is 11.0 Å². The van der Waals surface area contributed by atoms with Gasteiger partial charge in [0.2, 0.25) is 0 Å². The normalized spacial score (nSPS) is 15.9. The second-order valence-corrected chi connectivity index (χ2v) is 5.86. The van der Waals surface area contributed by atoms with E-state index in [2.05, 4.69) is 28.8 Å². The molecule has 0 aliphatic carbocycles. The van der Waals surface area contributed by atoms with Crippen LogP contribution in [0.2, 0.25) is 0 Å². The van der Waals surface area contributed by atoms with Crippen molar-refractivity contribution in [2.24, 2.45) is 0 Å². The molecule has 0 bridgehead atoms. The molecular formula is C15H16N4O2. The predicted molar refractivity (Wildman–Crippen MR) is 78.0 cm³/mol. The van der Waals surface area contributed by atoms with E-state index >= 15 is 0 Å². The van der Waals surface area contributed by atoms with Crippen LogP contribution in [0.5, 0.6) is 0 Å². The van der Waals surface area contributed by atoms with Gasteiger partial charge in [-0.25, -0.2) is 14.8 Å². The summed E-state index contributed by atoms with van der Waals surface area (Å²) in [5.41, 5.74) is 2.76. The lowest BCUT2D eigenvalue weighted by atomic mass is 9.91. The highest BCUT2D eigenvalue weighted by Crippen LogP contribution is 2.43. The van der Waals surface area contributed by atoms with Crippen molar-refractivity contribution in [3.05, 3.63) is 41.6 Å². The number of carbonyl (C=O) groups is 1. The summed E-state index contributed by atoms with van der Waals surface area (Å²) >= 11 is 0. The maximum absolute atomic E-state index is 11.4. The summed E-state index contributed by atoms with van der Waals surface area (Å²) in [5.74, 6) is -0.619. The molecule has 21 heavy (non-hydrogen) atoms. The Hall–Kier alpha value is -2.50. The molecule has 108 valence electrons. The van der Waals surface area contributed by atoms with Crippen molar-refractivity contribution in [2.75, 3.05) is 11.4 Å². The minimum Gasteiger partial charge on any atom is -0.477 e. The summed E-state index contributed by atoms with van der Waals surface area (Å²) < 4.78 is 0. The number of nitrogens with zero attached hydrogens (tertiary/aromatic N) is 4. The van der Waals surface area contributed by atoms with Crippen LogP contribution in [0.15, 0.2) is 24.7 Å². The Morgan fingerprint density at radius 2 is 2.14 bits per heavy atom. The summed E-state index contributed by atoms with van der Waals surface area (Å²) in [6.45, 7) is 6.78. The van der Waals surface area contributed by atoms with E-state index in [1.807, 2.05) is 24.0 Å². The summed E-state index contributed by atoms with van der Waals surface area (Å²) in [6, 6.07) is 3.90. The van der Waals surface area contributed by atoms with Crippen LogP contribution < -0.4 is 4.90 Å². The molecule has 1 N–H and O–H groups in total. The largest absolute Gasteiger partial charge is 0.477 e. The van der Waals surface area contributed by atoms with Crippen LogP contribution in [-0.4, -0.2) is 32.6 Å². The number of aryl methyl sites for hydroxylation is 1. The number of pyridine rings is 1. The molecule has 0 aromatic carbocycles. The van der Waals surface area contributed by atoms with E-state index in [0.29, 0.717) is 12.4 Å². The zero-order valence-electron chi connectivity index (χ0n) is 12.2. The zero-order valence-corrected chi connectivity index (χ0v) is 12.2. The Bertz CT molecular complexity index is 727. The zero-order chi connectivity index (χ0) is 15.2. The van der Waals surface area contributed by atoms with Gasteiger partial charge < -0.3 is 10.0 Å². The first-order valence-electron chi connectivity index (χ1n) is 6.69. The first-order chi connectivity index (χ1) is 9.90. The SMILES string of the molecule is Cc1ccc2c(n1)C(C)(C)CN2c1ncncc1C(=O)O. The van der Waals surface area contributed by atoms with Crippen molar-refractivity contribution in [3.8, 4) is 0 Å². The van der Waals surface area contributed by atoms with E-state index in [4.69, 9.17) is 0 Å². The summed E-state index contributed by atoms with van der Waals surface area (Å²) in [4.78, 5) is 25.9. The summed E-state index contributed by atoms with van der Waals surface area (Å²) in [7, 11) is 0. The van der Waals surface area contributed by atoms with E-state index in [1.165, 1.54) is 12.5 Å². The Morgan fingerprint density at radius 1 is 1.38 bits per heavy atom. The van der Waals surface area contributed by atoms with Crippen LogP contribution in [0.1, 0.15) is 35.6 Å². The first-order valence-corrected chi connectivity index (χ1v) is 6.69. The highest BCUT2D eigenvalue weighted by atomic mass is 16.4. The van der Waals surface area contributed by atoms with Gasteiger partial charge in [0.15, 0.2) is 5.82 Å². The average Bonchev–Trinajstić information content (AvgIpc) is 2.70. The van der Waals surface area contributed by atoms with Crippen molar-refractivity contribution in [3.63, 3.8) is 0 Å². The van der Waals surface area contributed by atoms with Gasteiger partial charge in [-0.15, -0.1) is 0 Å². The number of fused-ring (bicyclic) bond motifs is 1. The Morgan fingerprint density at radius 3 is 2.86 bits per heavy atom. The Balaban J connectivity index is 2.17. The molecule has 0 unspecified atom stereocenters. The molecule has 6 heteroatoms. The van der Waals surface area contributed by atoms with Crippen LogP contribution in [0, 0.1) is 6.92 Å². The van der Waals surface area contributed by atoms with Gasteiger partial charge in [0.25, 0.3) is 0 Å². The lowest BCUT2D eigenvalue weighted by Crippen LogP contribution is -2.27. The highest BCUT2D eigenvalue weighted by molar-refractivity contribution is 5.94. The van der Waals surface area contributed by atoms with Crippen LogP contribution >= 0.6 is 0 Å². The third kappa shape index (κ3) is 2.12. The molecule has 1 aliphatic rings. The van der Waals surface area contributed by atoms with Gasteiger partial charge in [0.1, 0.15) is 11.9 Å². The maximum atomic E-state index is 11.4. The van der Waals surface area contributed by atoms with Gasteiger partial charge in [-0.3, -0.25) is 4.98 Å². The number of aromatic carboxylic acids is 1. The van der Waals surface area contributed by atoms with E-state index < -0.39 is 5.97 Å². The van der Waals surface area contributed by atoms with Crippen LogP contribution in [-0.2, 0) is 5.41 Å². The molecule has 1 aliphatic heterocycles. The number of anilines is 2. The van der Waals surface area contributed by atoms with Gasteiger partial charge in [0.05, 0.1) is 11.4 Å². The fourth-order valence-corrected chi connectivity index (χ4v) is 2.70. The molecule has 0 fully saturated rings. The smallest absolute Gasteiger partial charge is 0.341 e. The maximum Gasteiger partial charge on any atom is 0.341 e. The molecule has 3 rings (SSSR count). The predicted octanol–water partition coefficient (Wildman–Crippen LogP) is 2.31. The molecule has 0 atom stereocenters. The molecule has 0 radical (unpaired) electrons. The standard InChI is InChI=1S/C15H16N4O2/c1-9-4-5-11-12(18-9)15(2,3)7-19(11)13-10(14(20)21)6-16-8-17-13/h4-6,8H,7H2,1-3H3,(H,20,21). The summed E-state index contributed by atoms with van der Waals surface area (Å²) in [6.07, 6.45) is 2.70. The first kappa shape index (κ1) is 13.5. The number of aromatic nitrogens is 3. The van der Waals surface area contributed by atoms with E-state index in [1.54, 1.807) is 0 Å². The molecule has 2 aromatic rings. The van der Waals surface area contributed by atoms with Gasteiger partial charge in [-0.05, 0) is 19.1 Å². The van der Waals surface area contributed by atoms with E-state index in [0.717, 1.165) is 17.1 Å². The Kier molecular flexibility index (Phi) is 2.90. The van der Waals surface area contributed by atoms with Gasteiger partial charge >= 0.3 is 5.97 Å². The number of carboxylic acids is 1. The van der Waals surface area contributed by atoms with E-state index in [9.17, 15) is 9.90 Å². The molecule has 6 nitrogen and oxygen atoms in total. The lowest BCUT2D eigenvalue weighted by molar-refractivity contribution is 0.0696. The third-order valence-electron chi connectivity index (χ3n) is 3.68. The Labute approximate surface area is 122 Å². The van der Waals surface area contributed by atoms with Gasteiger partial charge in [-0.2, -0.15) is 0 Å². The average molecular weight is 284 g/mol. The van der Waals surface area contributed by atoms with Crippen LogP contribution in [0.4, 0.5) is 11.5 Å². The molecule has 3 heterocycles. The molecular weight excluding hydrogens is 268 g/mol. The number of carboxylic acid groups (broad SMARTS) is 1. The number of hydrogen-bond acceptors (Lipinski definition) is 5. The topological polar surface area (TPSA) is 79.2 Å². The van der Waals surface area contributed by atoms with Crippen molar-refractivity contribution in [1.29, 1.82) is 0 Å². The van der Waals surface area contributed by atoms with Crippen molar-refractivity contribution >= 4 is 17.5 Å². The quantitative estimate of drug-likeness (QED) is 0.911. The van der Waals surface area contributed by atoms with Crippen molar-refractivity contribution < 1.29 is 9.90 Å². The second kappa shape index (κ2) is 4.51. The number of rotatable bonds is 2. The van der Waals surface area contributed by atoms with Crippen LogP contribution in [0.25, 0.3) is 0 Å². The lowest BCUT2D eigenvalue weighted by Gasteiger charge is -2.21. The second-order valence-electron chi connectivity index (χ2n) is 5.86. The molecule has 0 saturated heterocycles. The fraction of sp³-hybridized carbons (Fsp3) is 0.333. The molecule has 0 amide bonds.